The number of nitrogens with zero attached hydrogens (tertiary/aromatic N) is 1. The van der Waals surface area contributed by atoms with Crippen molar-refractivity contribution < 1.29 is 4.79 Å². The molecule has 1 aliphatic rings. The molecule has 3 rings (SSSR count). The minimum atomic E-state index is -0.00470. The maximum atomic E-state index is 11.9. The summed E-state index contributed by atoms with van der Waals surface area (Å²) in [7, 11) is 0. The molecule has 20 heavy (non-hydrogen) atoms. The summed E-state index contributed by atoms with van der Waals surface area (Å²) in [5, 5.41) is 2.90. The Morgan fingerprint density at radius 1 is 1.20 bits per heavy atom. The molecule has 0 bridgehead atoms. The highest BCUT2D eigenvalue weighted by atomic mass is 16.2. The number of rotatable bonds is 2. The van der Waals surface area contributed by atoms with E-state index in [1.165, 1.54) is 0 Å². The van der Waals surface area contributed by atoms with Crippen molar-refractivity contribution in [2.24, 2.45) is 5.73 Å². The average Bonchev–Trinajstić information content (AvgIpc) is 2.46. The zero-order valence-electron chi connectivity index (χ0n) is 11.4. The van der Waals surface area contributed by atoms with E-state index in [1.807, 2.05) is 54.3 Å². The molecular formula is C16H17N3O. The van der Waals surface area contributed by atoms with E-state index in [9.17, 15) is 4.79 Å². The molecule has 2 aromatic carbocycles. The van der Waals surface area contributed by atoms with E-state index in [-0.39, 0.29) is 5.91 Å². The first-order chi connectivity index (χ1) is 9.70. The first-order valence-corrected chi connectivity index (χ1v) is 6.65. The second kappa shape index (κ2) is 4.98. The molecule has 0 unspecified atom stereocenters. The molecule has 1 amide bonds. The van der Waals surface area contributed by atoms with Crippen molar-refractivity contribution >= 4 is 23.0 Å². The molecule has 0 fully saturated rings. The molecule has 3 N–H and O–H groups in total. The van der Waals surface area contributed by atoms with E-state index in [0.29, 0.717) is 13.1 Å². The molecule has 102 valence electrons. The smallest absolute Gasteiger partial charge is 0.244 e. The summed E-state index contributed by atoms with van der Waals surface area (Å²) in [5.74, 6) is -0.00470. The number of benzene rings is 2. The fourth-order valence-corrected chi connectivity index (χ4v) is 2.70. The summed E-state index contributed by atoms with van der Waals surface area (Å²) in [6, 6.07) is 13.9. The Hall–Kier alpha value is -2.33. The van der Waals surface area contributed by atoms with Crippen LogP contribution in [0.4, 0.5) is 17.1 Å². The zero-order chi connectivity index (χ0) is 14.1. The third-order valence-electron chi connectivity index (χ3n) is 3.58. The number of hydrogen-bond donors (Lipinski definition) is 2. The lowest BCUT2D eigenvalue weighted by Gasteiger charge is -2.33. The van der Waals surface area contributed by atoms with Gasteiger partial charge in [-0.05, 0) is 30.2 Å². The number of para-hydroxylation sites is 3. The van der Waals surface area contributed by atoms with Crippen molar-refractivity contribution in [2.45, 2.75) is 13.5 Å². The first kappa shape index (κ1) is 12.7. The van der Waals surface area contributed by atoms with Crippen LogP contribution in [0.15, 0.2) is 42.5 Å². The Bertz CT molecular complexity index is 667. The summed E-state index contributed by atoms with van der Waals surface area (Å²) in [4.78, 5) is 14.0. The van der Waals surface area contributed by atoms with Gasteiger partial charge in [-0.25, -0.2) is 0 Å². The van der Waals surface area contributed by atoms with E-state index < -0.39 is 0 Å². The summed E-state index contributed by atoms with van der Waals surface area (Å²) in [5.41, 5.74) is 10.9. The number of anilines is 3. The van der Waals surface area contributed by atoms with Crippen LogP contribution < -0.4 is 16.0 Å². The molecule has 4 heteroatoms. The Morgan fingerprint density at radius 2 is 2.00 bits per heavy atom. The normalized spacial score (nSPS) is 13.9. The van der Waals surface area contributed by atoms with Gasteiger partial charge in [-0.2, -0.15) is 0 Å². The molecule has 2 aromatic rings. The van der Waals surface area contributed by atoms with Crippen LogP contribution in [0.25, 0.3) is 0 Å². The highest BCUT2D eigenvalue weighted by molar-refractivity contribution is 6.03. The van der Waals surface area contributed by atoms with Crippen LogP contribution in [0.1, 0.15) is 11.1 Å². The second-order valence-corrected chi connectivity index (χ2v) is 4.94. The number of nitrogens with two attached hydrogens (primary N) is 1. The maximum Gasteiger partial charge on any atom is 0.244 e. The van der Waals surface area contributed by atoms with Crippen LogP contribution in [0.5, 0.6) is 0 Å². The van der Waals surface area contributed by atoms with Gasteiger partial charge in [-0.3, -0.25) is 4.79 Å². The van der Waals surface area contributed by atoms with E-state index in [4.69, 9.17) is 5.73 Å². The van der Waals surface area contributed by atoms with Crippen molar-refractivity contribution in [1.29, 1.82) is 0 Å². The summed E-state index contributed by atoms with van der Waals surface area (Å²) in [6.45, 7) is 2.82. The molecular weight excluding hydrogens is 250 g/mol. The summed E-state index contributed by atoms with van der Waals surface area (Å²) < 4.78 is 0. The maximum absolute atomic E-state index is 11.9. The van der Waals surface area contributed by atoms with Gasteiger partial charge in [-0.15, -0.1) is 0 Å². The third kappa shape index (κ3) is 2.04. The van der Waals surface area contributed by atoms with Crippen LogP contribution in [-0.4, -0.2) is 12.5 Å². The Morgan fingerprint density at radius 3 is 2.80 bits per heavy atom. The van der Waals surface area contributed by atoms with Crippen molar-refractivity contribution in [3.8, 4) is 0 Å². The number of fused-ring (bicyclic) bond motifs is 1. The molecule has 1 aliphatic heterocycles. The standard InChI is InChI=1S/C16H17N3O/c1-11-5-4-6-12(9-17)16(11)19-10-15(20)18-13-7-2-3-8-14(13)19/h2-8H,9-10,17H2,1H3,(H,18,20). The molecule has 0 aromatic heterocycles. The van der Waals surface area contributed by atoms with Gasteiger partial charge in [0.05, 0.1) is 11.4 Å². The predicted octanol–water partition coefficient (Wildman–Crippen LogP) is 2.54. The zero-order valence-corrected chi connectivity index (χ0v) is 11.4. The minimum absolute atomic E-state index is 0.00470. The number of nitrogens with one attached hydrogen (secondary N) is 1. The van der Waals surface area contributed by atoms with Crippen molar-refractivity contribution in [3.05, 3.63) is 53.6 Å². The van der Waals surface area contributed by atoms with Crippen LogP contribution in [-0.2, 0) is 11.3 Å². The fraction of sp³-hybridized carbons (Fsp3) is 0.188. The van der Waals surface area contributed by atoms with Gasteiger partial charge < -0.3 is 16.0 Å². The number of amides is 1. The van der Waals surface area contributed by atoms with Gasteiger partial charge in [0.25, 0.3) is 0 Å². The van der Waals surface area contributed by atoms with Crippen LogP contribution in [0.2, 0.25) is 0 Å². The van der Waals surface area contributed by atoms with Gasteiger partial charge in [0.15, 0.2) is 0 Å². The highest BCUT2D eigenvalue weighted by Crippen LogP contribution is 2.37. The molecule has 0 saturated heterocycles. The monoisotopic (exact) mass is 267 g/mol. The van der Waals surface area contributed by atoms with Gasteiger partial charge in [-0.1, -0.05) is 30.3 Å². The Balaban J connectivity index is 2.18. The van der Waals surface area contributed by atoms with E-state index in [0.717, 1.165) is 28.2 Å². The van der Waals surface area contributed by atoms with E-state index in [2.05, 4.69) is 5.32 Å². The molecule has 0 aliphatic carbocycles. The average molecular weight is 267 g/mol. The number of carbonyl (C=O) groups is 1. The molecule has 0 radical (unpaired) electrons. The van der Waals surface area contributed by atoms with Crippen molar-refractivity contribution in [3.63, 3.8) is 0 Å². The molecule has 1 heterocycles. The Kier molecular flexibility index (Phi) is 3.16. The van der Waals surface area contributed by atoms with Crippen LogP contribution >= 0.6 is 0 Å². The summed E-state index contributed by atoms with van der Waals surface area (Å²) >= 11 is 0. The van der Waals surface area contributed by atoms with E-state index in [1.54, 1.807) is 0 Å². The SMILES string of the molecule is Cc1cccc(CN)c1N1CC(=O)Nc2ccccc21. The van der Waals surface area contributed by atoms with Gasteiger partial charge in [0.1, 0.15) is 6.54 Å². The van der Waals surface area contributed by atoms with Crippen LogP contribution in [0, 0.1) is 6.92 Å². The molecule has 0 atom stereocenters. The predicted molar refractivity (Wildman–Crippen MR) is 81.1 cm³/mol. The molecule has 0 spiro atoms. The second-order valence-electron chi connectivity index (χ2n) is 4.94. The summed E-state index contributed by atoms with van der Waals surface area (Å²) in [6.07, 6.45) is 0. The largest absolute Gasteiger partial charge is 0.330 e. The first-order valence-electron chi connectivity index (χ1n) is 6.65. The van der Waals surface area contributed by atoms with Crippen molar-refractivity contribution in [2.75, 3.05) is 16.8 Å². The van der Waals surface area contributed by atoms with Crippen molar-refractivity contribution in [1.82, 2.24) is 0 Å². The number of carbonyl (C=O) groups excluding carboxylic acids is 1. The topological polar surface area (TPSA) is 58.4 Å². The fourth-order valence-electron chi connectivity index (χ4n) is 2.70. The lowest BCUT2D eigenvalue weighted by atomic mass is 10.0. The van der Waals surface area contributed by atoms with Gasteiger partial charge >= 0.3 is 0 Å². The van der Waals surface area contributed by atoms with Gasteiger partial charge in [0.2, 0.25) is 5.91 Å². The molecule has 0 saturated carbocycles. The quantitative estimate of drug-likeness (QED) is 0.879. The Labute approximate surface area is 118 Å². The minimum Gasteiger partial charge on any atom is -0.330 e. The number of hydrogen-bond acceptors (Lipinski definition) is 3. The lowest BCUT2D eigenvalue weighted by molar-refractivity contribution is -0.115. The molecule has 4 nitrogen and oxygen atoms in total. The van der Waals surface area contributed by atoms with E-state index >= 15 is 0 Å². The van der Waals surface area contributed by atoms with Gasteiger partial charge in [0, 0.05) is 12.2 Å². The number of aryl methyl sites for hydroxylation is 1. The van der Waals surface area contributed by atoms with Crippen LogP contribution in [0.3, 0.4) is 0 Å². The lowest BCUT2D eigenvalue weighted by Crippen LogP contribution is -2.36. The third-order valence-corrected chi connectivity index (χ3v) is 3.58. The highest BCUT2D eigenvalue weighted by Gasteiger charge is 2.25.